The van der Waals surface area contributed by atoms with Crippen molar-refractivity contribution in [2.24, 2.45) is 5.92 Å². The molecule has 0 saturated heterocycles. The van der Waals surface area contributed by atoms with E-state index in [0.717, 1.165) is 36.9 Å². The molecule has 1 amide bonds. The Labute approximate surface area is 126 Å². The fourth-order valence-electron chi connectivity index (χ4n) is 3.05. The van der Waals surface area contributed by atoms with Crippen molar-refractivity contribution in [1.82, 2.24) is 5.32 Å². The van der Waals surface area contributed by atoms with Gasteiger partial charge in [-0.1, -0.05) is 0 Å². The lowest BCUT2D eigenvalue weighted by molar-refractivity contribution is -0.119. The van der Waals surface area contributed by atoms with Crippen molar-refractivity contribution in [2.75, 3.05) is 32.1 Å². The molecule has 1 unspecified atom stereocenters. The first-order valence-electron chi connectivity index (χ1n) is 7.84. The predicted octanol–water partition coefficient (Wildman–Crippen LogP) is 2.54. The molecule has 3 rings (SSSR count). The fraction of sp³-hybridized carbons (Fsp3) is 0.588. The number of nitrogens with one attached hydrogen (secondary N) is 1. The molecule has 21 heavy (non-hydrogen) atoms. The Morgan fingerprint density at radius 3 is 2.90 bits per heavy atom. The average Bonchev–Trinajstić information content (AvgIpc) is 3.32. The molecule has 1 saturated carbocycles. The van der Waals surface area contributed by atoms with E-state index in [0.29, 0.717) is 12.3 Å². The van der Waals surface area contributed by atoms with Gasteiger partial charge < -0.3 is 15.0 Å². The third-order valence-corrected chi connectivity index (χ3v) is 4.63. The molecule has 0 aromatic heterocycles. The van der Waals surface area contributed by atoms with Gasteiger partial charge in [0.05, 0.1) is 7.11 Å². The number of benzene rings is 1. The number of fused-ring (bicyclic) bond motifs is 1. The lowest BCUT2D eigenvalue weighted by atomic mass is 9.87. The summed E-state index contributed by atoms with van der Waals surface area (Å²) in [5.74, 6) is 2.27. The molecule has 4 nitrogen and oxygen atoms in total. The number of methoxy groups -OCH3 is 1. The molecule has 1 atom stereocenters. The number of ether oxygens (including phenoxy) is 1. The van der Waals surface area contributed by atoms with Gasteiger partial charge in [0.25, 0.3) is 0 Å². The zero-order valence-corrected chi connectivity index (χ0v) is 12.9. The van der Waals surface area contributed by atoms with E-state index in [-0.39, 0.29) is 5.91 Å². The molecular weight excluding hydrogens is 264 g/mol. The lowest BCUT2D eigenvalue weighted by Gasteiger charge is -2.32. The standard InChI is InChI=1S/C17H24N2O2/c1-19-16-6-5-14(21-2)10-15(16)13(9-17(19)20)7-8-18-11-12-3-4-12/h5-6,10,12-13,18H,3-4,7-9,11H2,1-2H3. The van der Waals surface area contributed by atoms with Gasteiger partial charge in [0.2, 0.25) is 5.91 Å². The quantitative estimate of drug-likeness (QED) is 0.818. The number of hydrogen-bond acceptors (Lipinski definition) is 3. The number of carbonyl (C=O) groups excluding carboxylic acids is 1. The maximum Gasteiger partial charge on any atom is 0.227 e. The third-order valence-electron chi connectivity index (χ3n) is 4.63. The number of hydrogen-bond donors (Lipinski definition) is 1. The van der Waals surface area contributed by atoms with E-state index in [1.54, 1.807) is 12.0 Å². The number of amides is 1. The molecule has 2 aliphatic rings. The van der Waals surface area contributed by atoms with E-state index in [2.05, 4.69) is 11.4 Å². The van der Waals surface area contributed by atoms with Gasteiger partial charge in [0.15, 0.2) is 0 Å². The van der Waals surface area contributed by atoms with Crippen LogP contribution in [0, 0.1) is 5.92 Å². The summed E-state index contributed by atoms with van der Waals surface area (Å²) in [6.07, 6.45) is 4.35. The number of anilines is 1. The molecule has 1 aliphatic carbocycles. The first kappa shape index (κ1) is 14.4. The SMILES string of the molecule is COc1ccc2c(c1)C(CCNCC1CC1)CC(=O)N2C. The summed E-state index contributed by atoms with van der Waals surface area (Å²) in [7, 11) is 3.54. The van der Waals surface area contributed by atoms with Crippen LogP contribution in [0.1, 0.15) is 37.2 Å². The average molecular weight is 288 g/mol. The minimum atomic E-state index is 0.208. The van der Waals surface area contributed by atoms with Gasteiger partial charge in [0, 0.05) is 19.2 Å². The highest BCUT2D eigenvalue weighted by Gasteiger charge is 2.29. The van der Waals surface area contributed by atoms with Crippen molar-refractivity contribution in [1.29, 1.82) is 0 Å². The molecule has 114 valence electrons. The number of nitrogens with zero attached hydrogens (tertiary/aromatic N) is 1. The highest BCUT2D eigenvalue weighted by atomic mass is 16.5. The monoisotopic (exact) mass is 288 g/mol. The van der Waals surface area contributed by atoms with Crippen LogP contribution in [0.5, 0.6) is 5.75 Å². The largest absolute Gasteiger partial charge is 0.497 e. The summed E-state index contributed by atoms with van der Waals surface area (Å²) in [4.78, 5) is 13.9. The Morgan fingerprint density at radius 2 is 2.19 bits per heavy atom. The van der Waals surface area contributed by atoms with E-state index in [9.17, 15) is 4.79 Å². The van der Waals surface area contributed by atoms with Crippen molar-refractivity contribution in [3.8, 4) is 5.75 Å². The molecule has 1 aromatic rings. The van der Waals surface area contributed by atoms with Gasteiger partial charge in [-0.15, -0.1) is 0 Å². The lowest BCUT2D eigenvalue weighted by Crippen LogP contribution is -2.34. The molecule has 1 aromatic carbocycles. The van der Waals surface area contributed by atoms with Crippen molar-refractivity contribution in [3.63, 3.8) is 0 Å². The maximum atomic E-state index is 12.1. The zero-order valence-electron chi connectivity index (χ0n) is 12.9. The second kappa shape index (κ2) is 6.06. The summed E-state index contributed by atoms with van der Waals surface area (Å²) in [6.45, 7) is 2.11. The number of rotatable bonds is 6. The van der Waals surface area contributed by atoms with Crippen LogP contribution in [0.2, 0.25) is 0 Å². The summed E-state index contributed by atoms with van der Waals surface area (Å²) in [5, 5.41) is 3.52. The Balaban J connectivity index is 1.70. The van der Waals surface area contributed by atoms with Gasteiger partial charge in [-0.25, -0.2) is 0 Å². The van der Waals surface area contributed by atoms with E-state index in [1.165, 1.54) is 18.4 Å². The normalized spacial score (nSPS) is 21.3. The summed E-state index contributed by atoms with van der Waals surface area (Å²) in [6, 6.07) is 6.01. The van der Waals surface area contributed by atoms with Crippen LogP contribution in [0.15, 0.2) is 18.2 Å². The third kappa shape index (κ3) is 3.21. The van der Waals surface area contributed by atoms with Crippen LogP contribution in [0.4, 0.5) is 5.69 Å². The molecule has 1 aliphatic heterocycles. The maximum absolute atomic E-state index is 12.1. The smallest absolute Gasteiger partial charge is 0.227 e. The topological polar surface area (TPSA) is 41.6 Å². The van der Waals surface area contributed by atoms with E-state index in [4.69, 9.17) is 4.74 Å². The first-order chi connectivity index (χ1) is 10.2. The molecule has 1 fully saturated rings. The molecular formula is C17H24N2O2. The highest BCUT2D eigenvalue weighted by Crippen LogP contribution is 2.39. The zero-order chi connectivity index (χ0) is 14.8. The van der Waals surface area contributed by atoms with E-state index in [1.807, 2.05) is 19.2 Å². The Kier molecular flexibility index (Phi) is 4.15. The van der Waals surface area contributed by atoms with Crippen LogP contribution >= 0.6 is 0 Å². The van der Waals surface area contributed by atoms with Crippen LogP contribution in [-0.2, 0) is 4.79 Å². The molecule has 0 spiro atoms. The Morgan fingerprint density at radius 1 is 1.38 bits per heavy atom. The van der Waals surface area contributed by atoms with E-state index < -0.39 is 0 Å². The van der Waals surface area contributed by atoms with Gasteiger partial charge in [0.1, 0.15) is 5.75 Å². The van der Waals surface area contributed by atoms with Gasteiger partial charge in [-0.05, 0) is 68.0 Å². The Bertz CT molecular complexity index is 526. The van der Waals surface area contributed by atoms with Crippen LogP contribution in [0.25, 0.3) is 0 Å². The molecule has 0 radical (unpaired) electrons. The van der Waals surface area contributed by atoms with Gasteiger partial charge in [-0.2, -0.15) is 0 Å². The minimum absolute atomic E-state index is 0.208. The summed E-state index contributed by atoms with van der Waals surface area (Å²) < 4.78 is 5.34. The second-order valence-corrected chi connectivity index (χ2v) is 6.21. The van der Waals surface area contributed by atoms with Crippen molar-refractivity contribution >= 4 is 11.6 Å². The van der Waals surface area contributed by atoms with Crippen molar-refractivity contribution < 1.29 is 9.53 Å². The van der Waals surface area contributed by atoms with Crippen LogP contribution in [0.3, 0.4) is 0 Å². The molecule has 0 bridgehead atoms. The summed E-state index contributed by atoms with van der Waals surface area (Å²) in [5.41, 5.74) is 2.27. The molecule has 1 heterocycles. The first-order valence-corrected chi connectivity index (χ1v) is 7.84. The van der Waals surface area contributed by atoms with Crippen LogP contribution < -0.4 is 15.0 Å². The van der Waals surface area contributed by atoms with Crippen molar-refractivity contribution in [2.45, 2.75) is 31.6 Å². The second-order valence-electron chi connectivity index (χ2n) is 6.21. The molecule has 1 N–H and O–H groups in total. The summed E-state index contributed by atoms with van der Waals surface area (Å²) >= 11 is 0. The Hall–Kier alpha value is -1.55. The highest BCUT2D eigenvalue weighted by molar-refractivity contribution is 5.96. The van der Waals surface area contributed by atoms with Gasteiger partial charge in [-0.3, -0.25) is 4.79 Å². The van der Waals surface area contributed by atoms with Gasteiger partial charge >= 0.3 is 0 Å². The molecule has 4 heteroatoms. The van der Waals surface area contributed by atoms with E-state index >= 15 is 0 Å². The number of carbonyl (C=O) groups is 1. The minimum Gasteiger partial charge on any atom is -0.497 e. The van der Waals surface area contributed by atoms with Crippen molar-refractivity contribution in [3.05, 3.63) is 23.8 Å². The predicted molar refractivity (Wildman–Crippen MR) is 84.0 cm³/mol. The van der Waals surface area contributed by atoms with Crippen LogP contribution in [-0.4, -0.2) is 33.2 Å². The fourth-order valence-corrected chi connectivity index (χ4v) is 3.05.